The number of para-hydroxylation sites is 1. The van der Waals surface area contributed by atoms with Crippen LogP contribution < -0.4 is 11.1 Å². The normalized spacial score (nSPS) is 11.4. The van der Waals surface area contributed by atoms with Gasteiger partial charge < -0.3 is 15.9 Å². The second-order valence-electron chi connectivity index (χ2n) is 5.60. The van der Waals surface area contributed by atoms with Crippen molar-refractivity contribution in [2.24, 2.45) is 10.9 Å². The molecule has 0 unspecified atom stereocenters. The topological polar surface area (TPSA) is 89.6 Å². The van der Waals surface area contributed by atoms with Crippen molar-refractivity contribution in [3.05, 3.63) is 45.4 Å². The Morgan fingerprint density at radius 3 is 2.56 bits per heavy atom. The largest absolute Gasteiger partial charge is 0.384 e. The number of oxime groups is 1. The first kappa shape index (κ1) is 18.9. The molecule has 2 aromatic rings. The monoisotopic (exact) mass is 360 g/mol. The molecule has 0 saturated carbocycles. The second kappa shape index (κ2) is 9.17. The number of benzene rings is 1. The van der Waals surface area contributed by atoms with E-state index in [9.17, 15) is 4.79 Å². The molecule has 0 spiro atoms. The summed E-state index contributed by atoms with van der Waals surface area (Å²) in [4.78, 5) is 21.5. The molecular formula is C18H24N4O2S. The van der Waals surface area contributed by atoms with Gasteiger partial charge in [-0.3, -0.25) is 4.79 Å². The lowest BCUT2D eigenvalue weighted by atomic mass is 10.0. The molecule has 0 aliphatic heterocycles. The van der Waals surface area contributed by atoms with E-state index in [0.29, 0.717) is 12.3 Å². The molecule has 3 N–H and O–H groups in total. The summed E-state index contributed by atoms with van der Waals surface area (Å²) in [6.07, 6.45) is 2.11. The Morgan fingerprint density at radius 2 is 2.00 bits per heavy atom. The molecule has 1 amide bonds. The van der Waals surface area contributed by atoms with Crippen molar-refractivity contribution < 1.29 is 9.63 Å². The number of nitrogens with zero attached hydrogens (tertiary/aromatic N) is 2. The van der Waals surface area contributed by atoms with Crippen molar-refractivity contribution >= 4 is 28.8 Å². The van der Waals surface area contributed by atoms with Gasteiger partial charge in [0.2, 0.25) is 0 Å². The Labute approximate surface area is 152 Å². The molecule has 25 heavy (non-hydrogen) atoms. The predicted octanol–water partition coefficient (Wildman–Crippen LogP) is 3.05. The Hall–Kier alpha value is -2.41. The minimum absolute atomic E-state index is 0.183. The first-order valence-corrected chi connectivity index (χ1v) is 9.17. The van der Waals surface area contributed by atoms with Gasteiger partial charge in [-0.2, -0.15) is 0 Å². The Bertz CT molecular complexity index is 733. The fraction of sp³-hybridized carbons (Fsp3) is 0.389. The number of thiazole rings is 1. The van der Waals surface area contributed by atoms with Crippen LogP contribution in [0, 0.1) is 6.92 Å². The summed E-state index contributed by atoms with van der Waals surface area (Å²) in [7, 11) is 0. The Balaban J connectivity index is 1.89. The summed E-state index contributed by atoms with van der Waals surface area (Å²) < 4.78 is 0. The summed E-state index contributed by atoms with van der Waals surface area (Å²) in [6, 6.07) is 6.04. The highest BCUT2D eigenvalue weighted by atomic mass is 32.1. The molecular weight excluding hydrogens is 336 g/mol. The standard InChI is InChI=1S/C18H24N4O2S/c1-4-13-7-6-8-14(5-2)18(13)21-17(23)10-24-22-16(19)9-15-11-25-12(3)20-15/h6-8,11H,4-5,9-10H2,1-3H3,(H2,19,22)(H,21,23). The molecule has 0 fully saturated rings. The van der Waals surface area contributed by atoms with Crippen molar-refractivity contribution in [1.82, 2.24) is 4.98 Å². The van der Waals surface area contributed by atoms with Crippen LogP contribution in [0.15, 0.2) is 28.7 Å². The number of aryl methyl sites for hydroxylation is 3. The smallest absolute Gasteiger partial charge is 0.265 e. The maximum Gasteiger partial charge on any atom is 0.265 e. The van der Waals surface area contributed by atoms with Crippen LogP contribution >= 0.6 is 11.3 Å². The fourth-order valence-corrected chi connectivity index (χ4v) is 3.07. The SMILES string of the molecule is CCc1cccc(CC)c1NC(=O)CO/N=C(/N)Cc1csc(C)n1. The number of hydrogen-bond acceptors (Lipinski definition) is 5. The van der Waals surface area contributed by atoms with Crippen LogP contribution in [-0.2, 0) is 28.9 Å². The second-order valence-corrected chi connectivity index (χ2v) is 6.66. The van der Waals surface area contributed by atoms with Crippen molar-refractivity contribution in [2.45, 2.75) is 40.0 Å². The third-order valence-electron chi connectivity index (χ3n) is 3.67. The van der Waals surface area contributed by atoms with Gasteiger partial charge in [-0.25, -0.2) is 4.98 Å². The maximum atomic E-state index is 12.1. The van der Waals surface area contributed by atoms with E-state index >= 15 is 0 Å². The molecule has 0 aliphatic carbocycles. The van der Waals surface area contributed by atoms with E-state index in [1.807, 2.05) is 30.5 Å². The zero-order valence-corrected chi connectivity index (χ0v) is 15.7. The number of anilines is 1. The Morgan fingerprint density at radius 1 is 1.32 bits per heavy atom. The number of nitrogens with one attached hydrogen (secondary N) is 1. The molecule has 134 valence electrons. The number of carbonyl (C=O) groups is 1. The van der Waals surface area contributed by atoms with Gasteiger partial charge >= 0.3 is 0 Å². The molecule has 1 heterocycles. The molecule has 2 rings (SSSR count). The summed E-state index contributed by atoms with van der Waals surface area (Å²) >= 11 is 1.56. The molecule has 0 aliphatic rings. The first-order chi connectivity index (χ1) is 12.0. The highest BCUT2D eigenvalue weighted by molar-refractivity contribution is 7.09. The van der Waals surface area contributed by atoms with Crippen molar-refractivity contribution in [3.8, 4) is 0 Å². The quantitative estimate of drug-likeness (QED) is 0.430. The number of amidine groups is 1. The number of carbonyl (C=O) groups excluding carboxylic acids is 1. The van der Waals surface area contributed by atoms with Gasteiger partial charge in [0.05, 0.1) is 17.1 Å². The van der Waals surface area contributed by atoms with Crippen LogP contribution in [0.5, 0.6) is 0 Å². The third-order valence-corrected chi connectivity index (χ3v) is 4.49. The van der Waals surface area contributed by atoms with Crippen LogP contribution in [-0.4, -0.2) is 23.3 Å². The minimum Gasteiger partial charge on any atom is -0.384 e. The summed E-state index contributed by atoms with van der Waals surface area (Å²) in [6.45, 7) is 5.87. The number of rotatable bonds is 8. The average Bonchev–Trinajstić information content (AvgIpc) is 2.99. The summed E-state index contributed by atoms with van der Waals surface area (Å²) in [5.74, 6) is 0.0398. The van der Waals surface area contributed by atoms with Crippen LogP contribution in [0.2, 0.25) is 0 Å². The van der Waals surface area contributed by atoms with E-state index in [4.69, 9.17) is 10.6 Å². The van der Waals surface area contributed by atoms with Gasteiger partial charge in [-0.15, -0.1) is 11.3 Å². The number of amides is 1. The molecule has 0 radical (unpaired) electrons. The molecule has 7 heteroatoms. The highest BCUT2D eigenvalue weighted by Crippen LogP contribution is 2.22. The summed E-state index contributed by atoms with van der Waals surface area (Å²) in [5, 5.41) is 9.62. The van der Waals surface area contributed by atoms with E-state index in [1.165, 1.54) is 0 Å². The maximum absolute atomic E-state index is 12.1. The Kier molecular flexibility index (Phi) is 6.94. The van der Waals surface area contributed by atoms with Gasteiger partial charge in [0.25, 0.3) is 5.91 Å². The molecule has 1 aromatic carbocycles. The van der Waals surface area contributed by atoms with E-state index < -0.39 is 0 Å². The van der Waals surface area contributed by atoms with Gasteiger partial charge in [-0.05, 0) is 30.9 Å². The van der Waals surface area contributed by atoms with E-state index in [-0.39, 0.29) is 12.5 Å². The van der Waals surface area contributed by atoms with Crippen molar-refractivity contribution in [1.29, 1.82) is 0 Å². The van der Waals surface area contributed by atoms with Gasteiger partial charge in [0, 0.05) is 11.1 Å². The molecule has 6 nitrogen and oxygen atoms in total. The van der Waals surface area contributed by atoms with E-state index in [1.54, 1.807) is 11.3 Å². The number of aromatic nitrogens is 1. The van der Waals surface area contributed by atoms with Crippen LogP contribution in [0.4, 0.5) is 5.69 Å². The first-order valence-electron chi connectivity index (χ1n) is 8.29. The van der Waals surface area contributed by atoms with Crippen molar-refractivity contribution in [3.63, 3.8) is 0 Å². The third kappa shape index (κ3) is 5.56. The highest BCUT2D eigenvalue weighted by Gasteiger charge is 2.10. The zero-order chi connectivity index (χ0) is 18.2. The van der Waals surface area contributed by atoms with E-state index in [2.05, 4.69) is 29.3 Å². The van der Waals surface area contributed by atoms with Gasteiger partial charge in [0.15, 0.2) is 6.61 Å². The lowest BCUT2D eigenvalue weighted by Gasteiger charge is -2.14. The number of nitrogens with two attached hydrogens (primary N) is 1. The van der Waals surface area contributed by atoms with E-state index in [0.717, 1.165) is 40.4 Å². The van der Waals surface area contributed by atoms with Crippen LogP contribution in [0.25, 0.3) is 0 Å². The average molecular weight is 360 g/mol. The number of hydrogen-bond donors (Lipinski definition) is 2. The molecule has 0 atom stereocenters. The van der Waals surface area contributed by atoms with Crippen LogP contribution in [0.1, 0.15) is 35.7 Å². The molecule has 0 bridgehead atoms. The van der Waals surface area contributed by atoms with Crippen LogP contribution in [0.3, 0.4) is 0 Å². The van der Waals surface area contributed by atoms with Gasteiger partial charge in [0.1, 0.15) is 5.84 Å². The lowest BCUT2D eigenvalue weighted by Crippen LogP contribution is -2.21. The molecule has 0 saturated heterocycles. The minimum atomic E-state index is -0.253. The predicted molar refractivity (Wildman–Crippen MR) is 102 cm³/mol. The molecule has 1 aromatic heterocycles. The summed E-state index contributed by atoms with van der Waals surface area (Å²) in [5.41, 5.74) is 9.73. The van der Waals surface area contributed by atoms with Crippen molar-refractivity contribution in [2.75, 3.05) is 11.9 Å². The zero-order valence-electron chi connectivity index (χ0n) is 14.8. The van der Waals surface area contributed by atoms with Gasteiger partial charge in [-0.1, -0.05) is 37.2 Å². The fourth-order valence-electron chi connectivity index (χ4n) is 2.46. The lowest BCUT2D eigenvalue weighted by molar-refractivity contribution is -0.120.